The van der Waals surface area contributed by atoms with E-state index in [1.54, 1.807) is 6.07 Å². The fourth-order valence-corrected chi connectivity index (χ4v) is 3.02. The molecule has 0 bridgehead atoms. The van der Waals surface area contributed by atoms with Crippen LogP contribution in [0.2, 0.25) is 0 Å². The number of benzene rings is 2. The summed E-state index contributed by atoms with van der Waals surface area (Å²) < 4.78 is 13.3. The molecule has 1 saturated heterocycles. The van der Waals surface area contributed by atoms with Gasteiger partial charge in [0.15, 0.2) is 5.96 Å². The van der Waals surface area contributed by atoms with Crippen molar-refractivity contribution < 1.29 is 9.18 Å². The minimum Gasteiger partial charge on any atom is -0.360 e. The molecule has 0 atom stereocenters. The molecule has 1 amide bonds. The Hall–Kier alpha value is -2.36. The Balaban J connectivity index is 0.00000300. The van der Waals surface area contributed by atoms with Crippen LogP contribution in [0.3, 0.4) is 0 Å². The molecule has 0 saturated carbocycles. The number of guanidine groups is 1. The minimum atomic E-state index is -0.253. The molecule has 2 aromatic rings. The van der Waals surface area contributed by atoms with Crippen LogP contribution in [-0.4, -0.2) is 38.0 Å². The van der Waals surface area contributed by atoms with E-state index < -0.39 is 0 Å². The smallest absolute Gasteiger partial charge is 0.239 e. The number of hydrogen-bond donors (Lipinski definition) is 3. The maximum Gasteiger partial charge on any atom is 0.239 e. The molecule has 1 fully saturated rings. The normalized spacial score (nSPS) is 14.1. The van der Waals surface area contributed by atoms with Gasteiger partial charge in [-0.3, -0.25) is 4.79 Å². The molecule has 156 valence electrons. The van der Waals surface area contributed by atoms with E-state index in [1.165, 1.54) is 12.1 Å². The van der Waals surface area contributed by atoms with Crippen molar-refractivity contribution in [3.63, 3.8) is 0 Å². The summed E-state index contributed by atoms with van der Waals surface area (Å²) in [6.07, 6.45) is 0. The fourth-order valence-electron chi connectivity index (χ4n) is 3.02. The fraction of sp³-hybridized carbons (Fsp3) is 0.333. The van der Waals surface area contributed by atoms with Gasteiger partial charge >= 0.3 is 0 Å². The molecule has 29 heavy (non-hydrogen) atoms. The molecule has 3 N–H and O–H groups in total. The van der Waals surface area contributed by atoms with Crippen LogP contribution in [0.5, 0.6) is 0 Å². The molecular weight excluding hydrogens is 484 g/mol. The van der Waals surface area contributed by atoms with E-state index >= 15 is 0 Å². The predicted octanol–water partition coefficient (Wildman–Crippen LogP) is 2.64. The zero-order valence-corrected chi connectivity index (χ0v) is 18.8. The summed E-state index contributed by atoms with van der Waals surface area (Å²) in [5.41, 5.74) is 2.99. The van der Waals surface area contributed by atoms with Crippen LogP contribution in [0, 0.1) is 5.82 Å². The Morgan fingerprint density at radius 1 is 1.17 bits per heavy atom. The Kier molecular flexibility index (Phi) is 9.17. The van der Waals surface area contributed by atoms with Crippen molar-refractivity contribution in [3.8, 4) is 0 Å². The van der Waals surface area contributed by atoms with Gasteiger partial charge < -0.3 is 20.9 Å². The summed E-state index contributed by atoms with van der Waals surface area (Å²) >= 11 is 0. The Morgan fingerprint density at radius 3 is 2.66 bits per heavy atom. The SMILES string of the molecule is CCNC(=NCc1cccc(F)c1)NCc1ccc(N2CCNC(=O)C2)cc1.I. The Morgan fingerprint density at radius 2 is 1.97 bits per heavy atom. The lowest BCUT2D eigenvalue weighted by molar-refractivity contribution is -0.120. The van der Waals surface area contributed by atoms with Crippen molar-refractivity contribution in [2.24, 2.45) is 4.99 Å². The van der Waals surface area contributed by atoms with Crippen molar-refractivity contribution in [2.45, 2.75) is 20.0 Å². The standard InChI is InChI=1S/C21H26FN5O.HI/c1-2-23-21(26-14-17-4-3-5-18(22)12-17)25-13-16-6-8-19(9-7-16)27-11-10-24-20(28)15-27;/h3-9,12H,2,10-11,13-15H2,1H3,(H,24,28)(H2,23,25,26);1H. The predicted molar refractivity (Wildman–Crippen MR) is 125 cm³/mol. The molecule has 3 rings (SSSR count). The van der Waals surface area contributed by atoms with Crippen molar-refractivity contribution in [1.29, 1.82) is 0 Å². The number of nitrogens with one attached hydrogen (secondary N) is 3. The van der Waals surface area contributed by atoms with E-state index in [2.05, 4.69) is 25.8 Å². The highest BCUT2D eigenvalue weighted by molar-refractivity contribution is 14.0. The third kappa shape index (κ3) is 7.19. The molecule has 0 spiro atoms. The zero-order chi connectivity index (χ0) is 19.8. The van der Waals surface area contributed by atoms with Gasteiger partial charge in [0, 0.05) is 31.9 Å². The molecule has 2 aromatic carbocycles. The highest BCUT2D eigenvalue weighted by Gasteiger charge is 2.16. The van der Waals surface area contributed by atoms with Gasteiger partial charge in [0.2, 0.25) is 5.91 Å². The van der Waals surface area contributed by atoms with Crippen LogP contribution in [0.15, 0.2) is 53.5 Å². The highest BCUT2D eigenvalue weighted by Crippen LogP contribution is 2.16. The van der Waals surface area contributed by atoms with Crippen molar-refractivity contribution in [3.05, 3.63) is 65.5 Å². The topological polar surface area (TPSA) is 68.8 Å². The lowest BCUT2D eigenvalue weighted by Crippen LogP contribution is -2.47. The monoisotopic (exact) mass is 511 g/mol. The van der Waals surface area contributed by atoms with Gasteiger partial charge in [0.05, 0.1) is 13.1 Å². The number of carbonyl (C=O) groups is 1. The van der Waals surface area contributed by atoms with Gasteiger partial charge in [0.25, 0.3) is 0 Å². The van der Waals surface area contributed by atoms with Crippen LogP contribution in [0.1, 0.15) is 18.1 Å². The first-order valence-corrected chi connectivity index (χ1v) is 9.51. The summed E-state index contributed by atoms with van der Waals surface area (Å²) in [5.74, 6) is 0.488. The summed E-state index contributed by atoms with van der Waals surface area (Å²) in [6, 6.07) is 14.6. The molecular formula is C21H27FIN5O. The molecule has 8 heteroatoms. The Labute approximate surface area is 188 Å². The van der Waals surface area contributed by atoms with Gasteiger partial charge in [-0.1, -0.05) is 24.3 Å². The number of hydrogen-bond acceptors (Lipinski definition) is 3. The average molecular weight is 511 g/mol. The van der Waals surface area contributed by atoms with Gasteiger partial charge in [-0.2, -0.15) is 0 Å². The summed E-state index contributed by atoms with van der Waals surface area (Å²) in [6.45, 7) is 5.66. The van der Waals surface area contributed by atoms with E-state index in [1.807, 2.05) is 37.3 Å². The maximum atomic E-state index is 13.3. The number of halogens is 2. The van der Waals surface area contributed by atoms with Gasteiger partial charge in [0.1, 0.15) is 5.82 Å². The molecule has 0 aromatic heterocycles. The van der Waals surface area contributed by atoms with E-state index in [0.717, 1.165) is 29.9 Å². The van der Waals surface area contributed by atoms with Crippen LogP contribution < -0.4 is 20.9 Å². The van der Waals surface area contributed by atoms with E-state index in [-0.39, 0.29) is 35.7 Å². The second-order valence-electron chi connectivity index (χ2n) is 6.62. The number of nitrogens with zero attached hydrogens (tertiary/aromatic N) is 2. The van der Waals surface area contributed by atoms with Gasteiger partial charge in [-0.05, 0) is 42.3 Å². The number of aliphatic imine (C=N–C) groups is 1. The summed E-state index contributed by atoms with van der Waals surface area (Å²) in [7, 11) is 0. The van der Waals surface area contributed by atoms with Crippen LogP contribution in [-0.2, 0) is 17.9 Å². The molecule has 0 radical (unpaired) electrons. The van der Waals surface area contributed by atoms with Crippen molar-refractivity contribution >= 4 is 41.5 Å². The first-order valence-electron chi connectivity index (χ1n) is 9.51. The van der Waals surface area contributed by atoms with Gasteiger partial charge in [-0.15, -0.1) is 24.0 Å². The summed E-state index contributed by atoms with van der Waals surface area (Å²) in [5, 5.41) is 9.33. The highest BCUT2D eigenvalue weighted by atomic mass is 127. The summed E-state index contributed by atoms with van der Waals surface area (Å²) in [4.78, 5) is 18.1. The first-order chi connectivity index (χ1) is 13.6. The molecule has 0 unspecified atom stereocenters. The van der Waals surface area contributed by atoms with Crippen molar-refractivity contribution in [2.75, 3.05) is 31.1 Å². The van der Waals surface area contributed by atoms with E-state index in [0.29, 0.717) is 32.1 Å². The lowest BCUT2D eigenvalue weighted by atomic mass is 10.2. The quantitative estimate of drug-likeness (QED) is 0.317. The largest absolute Gasteiger partial charge is 0.360 e. The maximum absolute atomic E-state index is 13.3. The van der Waals surface area contributed by atoms with E-state index in [9.17, 15) is 9.18 Å². The molecule has 1 aliphatic rings. The molecule has 6 nitrogen and oxygen atoms in total. The molecule has 1 aliphatic heterocycles. The van der Waals surface area contributed by atoms with Crippen LogP contribution >= 0.6 is 24.0 Å². The third-order valence-corrected chi connectivity index (χ3v) is 4.45. The van der Waals surface area contributed by atoms with Crippen LogP contribution in [0.25, 0.3) is 0 Å². The number of rotatable bonds is 6. The second kappa shape index (κ2) is 11.6. The number of piperazine rings is 1. The van der Waals surface area contributed by atoms with E-state index in [4.69, 9.17) is 0 Å². The van der Waals surface area contributed by atoms with Crippen LogP contribution in [0.4, 0.5) is 10.1 Å². The average Bonchev–Trinajstić information content (AvgIpc) is 2.70. The lowest BCUT2D eigenvalue weighted by Gasteiger charge is -2.28. The minimum absolute atomic E-state index is 0. The Bertz CT molecular complexity index is 828. The van der Waals surface area contributed by atoms with Crippen molar-refractivity contribution in [1.82, 2.24) is 16.0 Å². The number of carbonyl (C=O) groups excluding carboxylic acids is 1. The zero-order valence-electron chi connectivity index (χ0n) is 16.5. The molecule has 1 heterocycles. The molecule has 0 aliphatic carbocycles. The first kappa shape index (κ1) is 22.9. The third-order valence-electron chi connectivity index (χ3n) is 4.45. The number of amides is 1. The second-order valence-corrected chi connectivity index (χ2v) is 6.62. The number of anilines is 1. The van der Waals surface area contributed by atoms with Gasteiger partial charge in [-0.25, -0.2) is 9.38 Å².